The first-order valence-corrected chi connectivity index (χ1v) is 9.77. The Balaban J connectivity index is 1.54. The number of amides is 1. The Hall–Kier alpha value is -2.86. The number of aromatic nitrogens is 2. The second-order valence-electron chi connectivity index (χ2n) is 6.52. The van der Waals surface area contributed by atoms with Crippen molar-refractivity contribution < 1.29 is 4.79 Å². The molecular weight excluding hydrogens is 358 g/mol. The minimum absolute atomic E-state index is 0.0926. The monoisotopic (exact) mass is 377 g/mol. The lowest BCUT2D eigenvalue weighted by molar-refractivity contribution is -0.116. The number of hydrogen-bond donors (Lipinski definition) is 1. The maximum absolute atomic E-state index is 12.7. The van der Waals surface area contributed by atoms with Crippen molar-refractivity contribution in [2.24, 2.45) is 0 Å². The van der Waals surface area contributed by atoms with Gasteiger partial charge in [0.25, 0.3) is 5.56 Å². The van der Waals surface area contributed by atoms with E-state index in [0.29, 0.717) is 16.6 Å². The summed E-state index contributed by atoms with van der Waals surface area (Å²) in [6.07, 6.45) is 0.244. The number of thioether (sulfide) groups is 1. The summed E-state index contributed by atoms with van der Waals surface area (Å²) >= 11 is 1.52. The van der Waals surface area contributed by atoms with E-state index in [4.69, 9.17) is 0 Å². The number of hydrogen-bond acceptors (Lipinski definition) is 4. The van der Waals surface area contributed by atoms with Gasteiger partial charge < -0.3 is 5.32 Å². The molecule has 5 nitrogen and oxygen atoms in total. The number of nitrogens with one attached hydrogen (secondary N) is 1. The highest BCUT2D eigenvalue weighted by atomic mass is 32.2. The highest BCUT2D eigenvalue weighted by molar-refractivity contribution is 7.99. The molecule has 0 saturated heterocycles. The quantitative estimate of drug-likeness (QED) is 0.701. The van der Waals surface area contributed by atoms with Gasteiger partial charge in [0.2, 0.25) is 5.91 Å². The molecule has 1 unspecified atom stereocenters. The molecule has 3 aromatic rings. The van der Waals surface area contributed by atoms with Crippen molar-refractivity contribution in [3.05, 3.63) is 76.7 Å². The van der Waals surface area contributed by atoms with Gasteiger partial charge in [0.15, 0.2) is 5.16 Å². The third-order valence-corrected chi connectivity index (χ3v) is 5.62. The molecule has 1 N–H and O–H groups in total. The normalized spacial score (nSPS) is 15.4. The van der Waals surface area contributed by atoms with E-state index in [1.807, 2.05) is 61.5 Å². The number of rotatable bonds is 4. The van der Waals surface area contributed by atoms with Gasteiger partial charge in [-0.3, -0.25) is 14.2 Å². The molecule has 0 fully saturated rings. The van der Waals surface area contributed by atoms with E-state index in [1.54, 1.807) is 4.57 Å². The predicted octanol–water partition coefficient (Wildman–Crippen LogP) is 3.89. The maximum atomic E-state index is 12.7. The van der Waals surface area contributed by atoms with Crippen LogP contribution in [0.5, 0.6) is 0 Å². The number of carbonyl (C=O) groups is 1. The van der Waals surface area contributed by atoms with Crippen LogP contribution < -0.4 is 10.9 Å². The molecule has 136 valence electrons. The van der Waals surface area contributed by atoms with E-state index in [2.05, 4.69) is 10.3 Å². The van der Waals surface area contributed by atoms with Crippen molar-refractivity contribution >= 4 is 23.4 Å². The van der Waals surface area contributed by atoms with Crippen LogP contribution in [0.15, 0.2) is 70.6 Å². The minimum atomic E-state index is -0.172. The molecule has 6 heteroatoms. The summed E-state index contributed by atoms with van der Waals surface area (Å²) in [5.74, 6) is 0.573. The molecular formula is C21H19N3O2S. The molecule has 0 radical (unpaired) electrons. The number of aryl methyl sites for hydroxylation is 1. The molecule has 1 atom stereocenters. The molecule has 4 rings (SSSR count). The lowest BCUT2D eigenvalue weighted by Crippen LogP contribution is -2.27. The number of anilines is 1. The van der Waals surface area contributed by atoms with Gasteiger partial charge in [-0.2, -0.15) is 0 Å². The second-order valence-corrected chi connectivity index (χ2v) is 7.50. The summed E-state index contributed by atoms with van der Waals surface area (Å²) in [7, 11) is 0. The molecule has 2 heterocycles. The summed E-state index contributed by atoms with van der Waals surface area (Å²) in [5.41, 5.74) is 3.41. The van der Waals surface area contributed by atoms with Gasteiger partial charge in [0, 0.05) is 35.2 Å². The molecule has 1 aliphatic rings. The average molecular weight is 377 g/mol. The van der Waals surface area contributed by atoms with Crippen LogP contribution >= 0.6 is 11.8 Å². The largest absolute Gasteiger partial charge is 0.325 e. The highest BCUT2D eigenvalue weighted by Gasteiger charge is 2.27. The molecule has 0 bridgehead atoms. The third-order valence-electron chi connectivity index (χ3n) is 4.52. The molecule has 1 amide bonds. The fraction of sp³-hybridized carbons (Fsp3) is 0.190. The first kappa shape index (κ1) is 17.5. The van der Waals surface area contributed by atoms with Crippen molar-refractivity contribution in [2.45, 2.75) is 24.5 Å². The highest BCUT2D eigenvalue weighted by Crippen LogP contribution is 2.33. The van der Waals surface area contributed by atoms with Gasteiger partial charge in [-0.25, -0.2) is 4.98 Å². The predicted molar refractivity (Wildman–Crippen MR) is 108 cm³/mol. The summed E-state index contributed by atoms with van der Waals surface area (Å²) in [6.45, 7) is 1.81. The van der Waals surface area contributed by atoms with Crippen LogP contribution in [-0.2, 0) is 4.79 Å². The Morgan fingerprint density at radius 1 is 1.19 bits per heavy atom. The van der Waals surface area contributed by atoms with Crippen molar-refractivity contribution in [2.75, 3.05) is 11.1 Å². The van der Waals surface area contributed by atoms with Crippen LogP contribution in [0.3, 0.4) is 0 Å². The van der Waals surface area contributed by atoms with Crippen LogP contribution in [-0.4, -0.2) is 21.2 Å². The van der Waals surface area contributed by atoms with Gasteiger partial charge in [-0.15, -0.1) is 0 Å². The standard InChI is InChI=1S/C21H19N3O2S/c1-14-11-20(26)24-16(13-27-21(24)22-14)12-19(25)23-18-10-6-5-9-17(18)15-7-3-2-4-8-15/h2-11,16H,12-13H2,1H3,(H,23,25). The van der Waals surface area contributed by atoms with Crippen LogP contribution in [0.1, 0.15) is 18.2 Å². The lowest BCUT2D eigenvalue weighted by atomic mass is 10.0. The lowest BCUT2D eigenvalue weighted by Gasteiger charge is -2.15. The van der Waals surface area contributed by atoms with E-state index in [-0.39, 0.29) is 23.9 Å². The van der Waals surface area contributed by atoms with E-state index >= 15 is 0 Å². The molecule has 1 aromatic heterocycles. The summed E-state index contributed by atoms with van der Waals surface area (Å²) < 4.78 is 1.64. The molecule has 27 heavy (non-hydrogen) atoms. The molecule has 0 aliphatic carbocycles. The van der Waals surface area contributed by atoms with E-state index in [9.17, 15) is 9.59 Å². The summed E-state index contributed by atoms with van der Waals surface area (Å²) in [4.78, 5) is 29.4. The molecule has 0 spiro atoms. The smallest absolute Gasteiger partial charge is 0.254 e. The number of nitrogens with zero attached hydrogens (tertiary/aromatic N) is 2. The van der Waals surface area contributed by atoms with Crippen LogP contribution in [0, 0.1) is 6.92 Å². The average Bonchev–Trinajstić information content (AvgIpc) is 3.05. The Labute approximate surface area is 161 Å². The van der Waals surface area contributed by atoms with Crippen LogP contribution in [0.2, 0.25) is 0 Å². The fourth-order valence-electron chi connectivity index (χ4n) is 3.29. The van der Waals surface area contributed by atoms with E-state index < -0.39 is 0 Å². The fourth-order valence-corrected chi connectivity index (χ4v) is 4.48. The van der Waals surface area contributed by atoms with Gasteiger partial charge in [0.1, 0.15) is 0 Å². The Morgan fingerprint density at radius 2 is 1.93 bits per heavy atom. The van der Waals surface area contributed by atoms with Crippen molar-refractivity contribution in [1.82, 2.24) is 9.55 Å². The van der Waals surface area contributed by atoms with E-state index in [0.717, 1.165) is 16.8 Å². The van der Waals surface area contributed by atoms with E-state index in [1.165, 1.54) is 17.8 Å². The van der Waals surface area contributed by atoms with Crippen molar-refractivity contribution in [1.29, 1.82) is 0 Å². The van der Waals surface area contributed by atoms with Gasteiger partial charge in [-0.1, -0.05) is 60.3 Å². The first-order valence-electron chi connectivity index (χ1n) is 8.79. The Morgan fingerprint density at radius 3 is 2.74 bits per heavy atom. The SMILES string of the molecule is Cc1cc(=O)n2c(n1)SCC2CC(=O)Nc1ccccc1-c1ccccc1. The van der Waals surface area contributed by atoms with Crippen molar-refractivity contribution in [3.63, 3.8) is 0 Å². The first-order chi connectivity index (χ1) is 13.1. The van der Waals surface area contributed by atoms with Crippen molar-refractivity contribution in [3.8, 4) is 11.1 Å². The maximum Gasteiger partial charge on any atom is 0.254 e. The summed E-state index contributed by atoms with van der Waals surface area (Å²) in [5, 5.41) is 3.71. The topological polar surface area (TPSA) is 64.0 Å². The van der Waals surface area contributed by atoms with Gasteiger partial charge in [-0.05, 0) is 18.6 Å². The Kier molecular flexibility index (Phi) is 4.81. The summed E-state index contributed by atoms with van der Waals surface area (Å²) in [6, 6.07) is 19.0. The van der Waals surface area contributed by atoms with Crippen LogP contribution in [0.25, 0.3) is 11.1 Å². The zero-order valence-corrected chi connectivity index (χ0v) is 15.7. The molecule has 2 aromatic carbocycles. The number of para-hydroxylation sites is 1. The number of carbonyl (C=O) groups excluding carboxylic acids is 1. The van der Waals surface area contributed by atoms with Gasteiger partial charge >= 0.3 is 0 Å². The molecule has 1 aliphatic heterocycles. The number of fused-ring (bicyclic) bond motifs is 1. The minimum Gasteiger partial charge on any atom is -0.325 e. The third kappa shape index (κ3) is 3.66. The zero-order chi connectivity index (χ0) is 18.8. The van der Waals surface area contributed by atoms with Crippen LogP contribution in [0.4, 0.5) is 5.69 Å². The Bertz CT molecular complexity index is 1050. The van der Waals surface area contributed by atoms with Gasteiger partial charge in [0.05, 0.1) is 6.04 Å². The second kappa shape index (κ2) is 7.40. The molecule has 0 saturated carbocycles. The zero-order valence-electron chi connectivity index (χ0n) is 14.9. The number of benzene rings is 2.